The van der Waals surface area contributed by atoms with E-state index in [4.69, 9.17) is 16.3 Å². The Morgan fingerprint density at radius 1 is 1.22 bits per heavy atom. The van der Waals surface area contributed by atoms with Gasteiger partial charge in [0.05, 0.1) is 5.56 Å². The molecule has 1 saturated heterocycles. The molecule has 1 unspecified atom stereocenters. The lowest BCUT2D eigenvalue weighted by atomic mass is 10.1. The van der Waals surface area contributed by atoms with Gasteiger partial charge in [0.2, 0.25) is 0 Å². The quantitative estimate of drug-likeness (QED) is 0.832. The number of carbonyl (C=O) groups is 1. The lowest BCUT2D eigenvalue weighted by Crippen LogP contribution is -2.28. The standard InChI is InChI=1S/C19H20ClNO2/c1-14-10-11-21(12-14)19(22)16-7-3-5-9-18(16)23-13-15-6-2-4-8-17(15)20/h2-9,14H,10-13H2,1H3. The van der Waals surface area contributed by atoms with Crippen molar-refractivity contribution in [2.75, 3.05) is 13.1 Å². The van der Waals surface area contributed by atoms with E-state index >= 15 is 0 Å². The molecule has 4 heteroatoms. The molecule has 2 aromatic carbocycles. The van der Waals surface area contributed by atoms with Gasteiger partial charge in [-0.3, -0.25) is 4.79 Å². The van der Waals surface area contributed by atoms with Crippen molar-refractivity contribution in [3.63, 3.8) is 0 Å². The van der Waals surface area contributed by atoms with Crippen LogP contribution in [0.25, 0.3) is 0 Å². The zero-order chi connectivity index (χ0) is 16.2. The van der Waals surface area contributed by atoms with Crippen LogP contribution in [0.1, 0.15) is 29.3 Å². The molecule has 0 bridgehead atoms. The van der Waals surface area contributed by atoms with Crippen molar-refractivity contribution in [2.45, 2.75) is 20.0 Å². The average molecular weight is 330 g/mol. The molecule has 1 heterocycles. The van der Waals surface area contributed by atoms with Gasteiger partial charge in [0.1, 0.15) is 12.4 Å². The number of benzene rings is 2. The van der Waals surface area contributed by atoms with Gasteiger partial charge >= 0.3 is 0 Å². The maximum atomic E-state index is 12.7. The van der Waals surface area contributed by atoms with Crippen molar-refractivity contribution in [3.05, 3.63) is 64.7 Å². The fourth-order valence-electron chi connectivity index (χ4n) is 2.83. The van der Waals surface area contributed by atoms with E-state index in [1.54, 1.807) is 0 Å². The topological polar surface area (TPSA) is 29.5 Å². The van der Waals surface area contributed by atoms with Crippen molar-refractivity contribution in [2.24, 2.45) is 5.92 Å². The molecule has 0 N–H and O–H groups in total. The first-order valence-corrected chi connectivity index (χ1v) is 8.27. The van der Waals surface area contributed by atoms with Crippen LogP contribution >= 0.6 is 11.6 Å². The van der Waals surface area contributed by atoms with Crippen molar-refractivity contribution >= 4 is 17.5 Å². The van der Waals surface area contributed by atoms with Gasteiger partial charge in [0.15, 0.2) is 0 Å². The van der Waals surface area contributed by atoms with Crippen LogP contribution in [-0.4, -0.2) is 23.9 Å². The molecular weight excluding hydrogens is 310 g/mol. The Kier molecular flexibility index (Phi) is 4.87. The molecule has 0 spiro atoms. The Hall–Kier alpha value is -2.00. The normalized spacial score (nSPS) is 17.3. The number of halogens is 1. The van der Waals surface area contributed by atoms with E-state index in [9.17, 15) is 4.79 Å². The third kappa shape index (κ3) is 3.67. The lowest BCUT2D eigenvalue weighted by molar-refractivity contribution is 0.0783. The van der Waals surface area contributed by atoms with E-state index in [-0.39, 0.29) is 5.91 Å². The van der Waals surface area contributed by atoms with E-state index in [1.165, 1.54) is 0 Å². The number of likely N-dealkylation sites (tertiary alicyclic amines) is 1. The summed E-state index contributed by atoms with van der Waals surface area (Å²) in [5.41, 5.74) is 1.53. The highest BCUT2D eigenvalue weighted by atomic mass is 35.5. The van der Waals surface area contributed by atoms with Gasteiger partial charge < -0.3 is 9.64 Å². The molecule has 0 aliphatic carbocycles. The summed E-state index contributed by atoms with van der Waals surface area (Å²) >= 11 is 6.16. The maximum Gasteiger partial charge on any atom is 0.257 e. The van der Waals surface area contributed by atoms with Crippen molar-refractivity contribution < 1.29 is 9.53 Å². The summed E-state index contributed by atoms with van der Waals surface area (Å²) in [5, 5.41) is 0.671. The summed E-state index contributed by atoms with van der Waals surface area (Å²) in [5.74, 6) is 1.22. The van der Waals surface area contributed by atoms with Crippen molar-refractivity contribution in [1.82, 2.24) is 4.90 Å². The first-order chi connectivity index (χ1) is 11.1. The summed E-state index contributed by atoms with van der Waals surface area (Å²) < 4.78 is 5.88. The fourth-order valence-corrected chi connectivity index (χ4v) is 3.02. The minimum Gasteiger partial charge on any atom is -0.488 e. The van der Waals surface area contributed by atoms with Gasteiger partial charge in [0.25, 0.3) is 5.91 Å². The van der Waals surface area contributed by atoms with Crippen LogP contribution in [0.4, 0.5) is 0 Å². The Balaban J connectivity index is 1.75. The number of rotatable bonds is 4. The molecule has 1 aliphatic rings. The Morgan fingerprint density at radius 3 is 2.70 bits per heavy atom. The van der Waals surface area contributed by atoms with Crippen LogP contribution in [-0.2, 0) is 6.61 Å². The van der Waals surface area contributed by atoms with Crippen molar-refractivity contribution in [1.29, 1.82) is 0 Å². The third-order valence-corrected chi connectivity index (χ3v) is 4.54. The summed E-state index contributed by atoms with van der Waals surface area (Å²) in [6.07, 6.45) is 1.06. The van der Waals surface area contributed by atoms with E-state index in [2.05, 4.69) is 6.92 Å². The van der Waals surface area contributed by atoms with E-state index < -0.39 is 0 Å². The predicted molar refractivity (Wildman–Crippen MR) is 91.9 cm³/mol. The zero-order valence-corrected chi connectivity index (χ0v) is 13.9. The molecule has 1 atom stereocenters. The van der Waals surface area contributed by atoms with E-state index in [1.807, 2.05) is 53.4 Å². The molecule has 0 saturated carbocycles. The van der Waals surface area contributed by atoms with Crippen LogP contribution in [0, 0.1) is 5.92 Å². The molecule has 1 aliphatic heterocycles. The molecule has 1 amide bonds. The Labute approximate surface area is 141 Å². The second-order valence-corrected chi connectivity index (χ2v) is 6.43. The molecule has 1 fully saturated rings. The van der Waals surface area contributed by atoms with E-state index in [0.717, 1.165) is 25.1 Å². The number of hydrogen-bond donors (Lipinski definition) is 0. The van der Waals surface area contributed by atoms with Crippen LogP contribution in [0.15, 0.2) is 48.5 Å². The summed E-state index contributed by atoms with van der Waals surface area (Å²) in [7, 11) is 0. The summed E-state index contributed by atoms with van der Waals surface area (Å²) in [6, 6.07) is 15.0. The first kappa shape index (κ1) is 15.9. The summed E-state index contributed by atoms with van der Waals surface area (Å²) in [6.45, 7) is 4.16. The smallest absolute Gasteiger partial charge is 0.257 e. The molecule has 120 valence electrons. The van der Waals surface area contributed by atoms with Gasteiger partial charge in [-0.2, -0.15) is 0 Å². The molecule has 3 rings (SSSR count). The van der Waals surface area contributed by atoms with Gasteiger partial charge in [0, 0.05) is 23.7 Å². The largest absolute Gasteiger partial charge is 0.488 e. The molecule has 3 nitrogen and oxygen atoms in total. The monoisotopic (exact) mass is 329 g/mol. The zero-order valence-electron chi connectivity index (χ0n) is 13.2. The first-order valence-electron chi connectivity index (χ1n) is 7.89. The number of amides is 1. The van der Waals surface area contributed by atoms with Gasteiger partial charge in [-0.15, -0.1) is 0 Å². The number of hydrogen-bond acceptors (Lipinski definition) is 2. The van der Waals surface area contributed by atoms with Crippen LogP contribution in [0.5, 0.6) is 5.75 Å². The number of nitrogens with zero attached hydrogens (tertiary/aromatic N) is 1. The van der Waals surface area contributed by atoms with E-state index in [0.29, 0.717) is 28.9 Å². The highest BCUT2D eigenvalue weighted by Gasteiger charge is 2.26. The Morgan fingerprint density at radius 2 is 1.96 bits per heavy atom. The lowest BCUT2D eigenvalue weighted by Gasteiger charge is -2.18. The summed E-state index contributed by atoms with van der Waals surface area (Å²) in [4.78, 5) is 14.6. The van der Waals surface area contributed by atoms with Crippen LogP contribution < -0.4 is 4.74 Å². The second-order valence-electron chi connectivity index (χ2n) is 6.02. The van der Waals surface area contributed by atoms with Gasteiger partial charge in [-0.1, -0.05) is 48.9 Å². The predicted octanol–water partition coefficient (Wildman–Crippen LogP) is 4.40. The van der Waals surface area contributed by atoms with Crippen molar-refractivity contribution in [3.8, 4) is 5.75 Å². The second kappa shape index (κ2) is 7.05. The average Bonchev–Trinajstić information content (AvgIpc) is 3.00. The van der Waals surface area contributed by atoms with Gasteiger partial charge in [-0.25, -0.2) is 0 Å². The molecule has 2 aromatic rings. The maximum absolute atomic E-state index is 12.7. The molecule has 0 radical (unpaired) electrons. The minimum absolute atomic E-state index is 0.0455. The highest BCUT2D eigenvalue weighted by molar-refractivity contribution is 6.31. The SMILES string of the molecule is CC1CCN(C(=O)c2ccccc2OCc2ccccc2Cl)C1. The molecule has 23 heavy (non-hydrogen) atoms. The fraction of sp³-hybridized carbons (Fsp3) is 0.316. The molecular formula is C19H20ClNO2. The minimum atomic E-state index is 0.0455. The highest BCUT2D eigenvalue weighted by Crippen LogP contribution is 2.25. The van der Waals surface area contributed by atoms with Crippen LogP contribution in [0.3, 0.4) is 0 Å². The number of carbonyl (C=O) groups excluding carboxylic acids is 1. The number of para-hydroxylation sites is 1. The number of ether oxygens (including phenoxy) is 1. The Bertz CT molecular complexity index is 701. The molecule has 0 aromatic heterocycles. The van der Waals surface area contributed by atoms with Crippen LogP contribution in [0.2, 0.25) is 5.02 Å². The third-order valence-electron chi connectivity index (χ3n) is 4.17. The van der Waals surface area contributed by atoms with Gasteiger partial charge in [-0.05, 0) is 30.5 Å².